The molecule has 0 aromatic heterocycles. The van der Waals surface area contributed by atoms with E-state index in [2.05, 4.69) is 50.3 Å². The maximum Gasteiger partial charge on any atom is 0.472 e. The van der Waals surface area contributed by atoms with Crippen LogP contribution in [0.3, 0.4) is 0 Å². The molecule has 538 valence electrons. The third kappa shape index (κ3) is 77.1. The number of phosphoric acid groups is 1. The van der Waals surface area contributed by atoms with Crippen LogP contribution in [-0.2, 0) is 32.7 Å². The number of unbranched alkanes of at least 4 members (excludes halogenated alkanes) is 56. The van der Waals surface area contributed by atoms with Crippen LogP contribution >= 0.6 is 7.82 Å². The lowest BCUT2D eigenvalue weighted by Gasteiger charge is -2.24. The fraction of sp³-hybridized carbons (Fsp3) is 0.901. The molecule has 0 rings (SSSR count). The summed E-state index contributed by atoms with van der Waals surface area (Å²) in [6, 6.07) is 0. The van der Waals surface area contributed by atoms with Crippen LogP contribution < -0.4 is 0 Å². The van der Waals surface area contributed by atoms with Crippen LogP contribution in [0, 0.1) is 0 Å². The number of phosphoric ester groups is 1. The Morgan fingerprint density at radius 3 is 0.879 bits per heavy atom. The number of rotatable bonds is 76. The molecule has 10 heteroatoms. The van der Waals surface area contributed by atoms with Gasteiger partial charge >= 0.3 is 19.8 Å². The molecule has 0 saturated heterocycles. The summed E-state index contributed by atoms with van der Waals surface area (Å²) in [7, 11) is 1.50. The first kappa shape index (κ1) is 89.2. The first-order valence-electron chi connectivity index (χ1n) is 40.2. The third-order valence-corrected chi connectivity index (χ3v) is 19.4. The number of carbonyl (C=O) groups excluding carboxylic acids is 2. The lowest BCUT2D eigenvalue weighted by molar-refractivity contribution is -0.870. The Kier molecular flexibility index (Phi) is 71.1. The SMILES string of the molecule is CCCCCCC/C=C\C/C=C\C/C=C\CCCCCCCCCCCCCCCCCCCCCCCCC(=O)OC(COC(=O)CCCCCCCCCCCCCCCCCCCCCCCCCCCCCCCC)COP(=O)(O)OCC[N+](C)(C)C. The van der Waals surface area contributed by atoms with Gasteiger partial charge in [0.1, 0.15) is 19.8 Å². The Labute approximate surface area is 567 Å². The van der Waals surface area contributed by atoms with Gasteiger partial charge in [0, 0.05) is 12.8 Å². The molecule has 91 heavy (non-hydrogen) atoms. The standard InChI is InChI=1S/C81H156NO8P/c1-6-8-10-12-14-16-18-20-22-24-26-28-30-32-34-36-38-39-40-41-42-43-44-46-48-50-52-54-56-58-60-62-64-66-68-70-72-74-81(84)90-79(78-89-91(85,86)88-76-75-82(3,4)5)77-87-80(83)73-71-69-67-65-63-61-59-57-55-53-51-49-47-45-37-35-33-31-29-27-25-23-21-19-17-15-13-11-9-7-2/h18,20,24,26,30,32,79H,6-17,19,21-23,25,27-29,31,33-78H2,1-5H3/p+1/b20-18-,26-24-,32-30-. The van der Waals surface area contributed by atoms with Crippen LogP contribution in [-0.4, -0.2) is 74.9 Å². The number of esters is 2. The number of likely N-dealkylation sites (N-methyl/N-ethyl adjacent to an activating group) is 1. The molecule has 1 N–H and O–H groups in total. The molecular formula is C81H157NO8P+. The molecule has 0 aliphatic heterocycles. The van der Waals surface area contributed by atoms with Crippen molar-refractivity contribution in [3.63, 3.8) is 0 Å². The van der Waals surface area contributed by atoms with Gasteiger partial charge in [-0.3, -0.25) is 18.6 Å². The van der Waals surface area contributed by atoms with E-state index in [0.29, 0.717) is 23.9 Å². The predicted octanol–water partition coefficient (Wildman–Crippen LogP) is 26.6. The van der Waals surface area contributed by atoms with Gasteiger partial charge in [0.2, 0.25) is 0 Å². The van der Waals surface area contributed by atoms with Crippen molar-refractivity contribution in [2.24, 2.45) is 0 Å². The van der Waals surface area contributed by atoms with Gasteiger partial charge < -0.3 is 18.9 Å². The maximum absolute atomic E-state index is 12.9. The molecule has 0 radical (unpaired) electrons. The second-order valence-electron chi connectivity index (χ2n) is 28.8. The molecule has 0 fully saturated rings. The number of nitrogens with zero attached hydrogens (tertiary/aromatic N) is 1. The van der Waals surface area contributed by atoms with Crippen molar-refractivity contribution in [1.82, 2.24) is 0 Å². The molecule has 0 aliphatic carbocycles. The summed E-state index contributed by atoms with van der Waals surface area (Å²) >= 11 is 0. The van der Waals surface area contributed by atoms with Crippen molar-refractivity contribution in [2.45, 2.75) is 424 Å². The van der Waals surface area contributed by atoms with Gasteiger partial charge in [-0.05, 0) is 51.4 Å². The van der Waals surface area contributed by atoms with E-state index in [4.69, 9.17) is 18.5 Å². The minimum Gasteiger partial charge on any atom is -0.462 e. The lowest BCUT2D eigenvalue weighted by Crippen LogP contribution is -2.37. The zero-order valence-corrected chi connectivity index (χ0v) is 62.5. The second-order valence-corrected chi connectivity index (χ2v) is 30.3. The Morgan fingerprint density at radius 1 is 0.341 bits per heavy atom. The summed E-state index contributed by atoms with van der Waals surface area (Å²) in [5, 5.41) is 0. The Bertz CT molecular complexity index is 1630. The topological polar surface area (TPSA) is 108 Å². The normalized spacial score (nSPS) is 13.2. The smallest absolute Gasteiger partial charge is 0.462 e. The van der Waals surface area contributed by atoms with Crippen molar-refractivity contribution < 1.29 is 42.1 Å². The van der Waals surface area contributed by atoms with Crippen LogP contribution in [0.5, 0.6) is 0 Å². The van der Waals surface area contributed by atoms with Gasteiger partial charge in [0.05, 0.1) is 27.7 Å². The largest absolute Gasteiger partial charge is 0.472 e. The predicted molar refractivity (Wildman–Crippen MR) is 395 cm³/mol. The summed E-state index contributed by atoms with van der Waals surface area (Å²) < 4.78 is 34.8. The van der Waals surface area contributed by atoms with E-state index in [1.165, 1.54) is 340 Å². The monoisotopic (exact) mass is 1300 g/mol. The number of allylic oxidation sites excluding steroid dienone is 6. The van der Waals surface area contributed by atoms with E-state index in [0.717, 1.165) is 44.9 Å². The highest BCUT2D eigenvalue weighted by atomic mass is 31.2. The first-order valence-corrected chi connectivity index (χ1v) is 41.7. The summed E-state index contributed by atoms with van der Waals surface area (Å²) in [6.45, 7) is 4.51. The summed E-state index contributed by atoms with van der Waals surface area (Å²) in [5.74, 6) is -0.770. The minimum atomic E-state index is -4.39. The highest BCUT2D eigenvalue weighted by Crippen LogP contribution is 2.43. The van der Waals surface area contributed by atoms with Crippen LogP contribution in [0.1, 0.15) is 418 Å². The summed E-state index contributed by atoms with van der Waals surface area (Å²) in [5.41, 5.74) is 0. The van der Waals surface area contributed by atoms with Crippen LogP contribution in [0.15, 0.2) is 36.5 Å². The van der Waals surface area contributed by atoms with Gasteiger partial charge in [0.15, 0.2) is 6.10 Å². The van der Waals surface area contributed by atoms with Crippen molar-refractivity contribution in [2.75, 3.05) is 47.5 Å². The molecule has 2 unspecified atom stereocenters. The lowest BCUT2D eigenvalue weighted by atomic mass is 10.0. The molecule has 0 aromatic rings. The third-order valence-electron chi connectivity index (χ3n) is 18.4. The molecule has 2 atom stereocenters. The highest BCUT2D eigenvalue weighted by Gasteiger charge is 2.27. The molecule has 0 heterocycles. The van der Waals surface area contributed by atoms with Crippen molar-refractivity contribution in [1.29, 1.82) is 0 Å². The Morgan fingerprint density at radius 2 is 0.593 bits per heavy atom. The Balaban J connectivity index is 3.90. The average Bonchev–Trinajstić information content (AvgIpc) is 3.69. The van der Waals surface area contributed by atoms with Crippen LogP contribution in [0.2, 0.25) is 0 Å². The van der Waals surface area contributed by atoms with E-state index in [9.17, 15) is 19.0 Å². The number of ether oxygens (including phenoxy) is 2. The van der Waals surface area contributed by atoms with Gasteiger partial charge in [-0.1, -0.05) is 391 Å². The van der Waals surface area contributed by atoms with Gasteiger partial charge in [-0.15, -0.1) is 0 Å². The van der Waals surface area contributed by atoms with Crippen LogP contribution in [0.25, 0.3) is 0 Å². The Hall–Kier alpha value is -1.77. The zero-order chi connectivity index (χ0) is 66.2. The number of carbonyl (C=O) groups is 2. The van der Waals surface area contributed by atoms with E-state index in [1.54, 1.807) is 0 Å². The van der Waals surface area contributed by atoms with Crippen LogP contribution in [0.4, 0.5) is 0 Å². The second kappa shape index (κ2) is 72.5. The summed E-state index contributed by atoms with van der Waals surface area (Å²) in [6.07, 6.45) is 94.4. The maximum atomic E-state index is 12.9. The average molecular weight is 1300 g/mol. The molecular weight excluding hydrogens is 1150 g/mol. The van der Waals surface area contributed by atoms with E-state index >= 15 is 0 Å². The van der Waals surface area contributed by atoms with Crippen molar-refractivity contribution >= 4 is 19.8 Å². The van der Waals surface area contributed by atoms with Crippen molar-refractivity contribution in [3.05, 3.63) is 36.5 Å². The fourth-order valence-electron chi connectivity index (χ4n) is 12.3. The van der Waals surface area contributed by atoms with E-state index in [1.807, 2.05) is 21.1 Å². The number of quaternary nitrogens is 1. The number of hydrogen-bond donors (Lipinski definition) is 1. The van der Waals surface area contributed by atoms with E-state index in [-0.39, 0.29) is 25.6 Å². The minimum absolute atomic E-state index is 0.0356. The summed E-state index contributed by atoms with van der Waals surface area (Å²) in [4.78, 5) is 36.0. The number of hydrogen-bond acceptors (Lipinski definition) is 7. The van der Waals surface area contributed by atoms with Gasteiger partial charge in [-0.25, -0.2) is 4.57 Å². The molecule has 0 amide bonds. The highest BCUT2D eigenvalue weighted by molar-refractivity contribution is 7.47. The van der Waals surface area contributed by atoms with Gasteiger partial charge in [-0.2, -0.15) is 0 Å². The van der Waals surface area contributed by atoms with Crippen molar-refractivity contribution in [3.8, 4) is 0 Å². The zero-order valence-electron chi connectivity index (χ0n) is 61.6. The molecule has 0 bridgehead atoms. The fourth-order valence-corrected chi connectivity index (χ4v) is 13.0. The van der Waals surface area contributed by atoms with Gasteiger partial charge in [0.25, 0.3) is 0 Å². The van der Waals surface area contributed by atoms with E-state index < -0.39 is 26.5 Å². The molecule has 0 spiro atoms. The molecule has 0 aliphatic rings. The molecule has 9 nitrogen and oxygen atoms in total. The first-order chi connectivity index (χ1) is 44.5. The molecule has 0 aromatic carbocycles. The quantitative estimate of drug-likeness (QED) is 0.0211. The molecule has 0 saturated carbocycles.